The van der Waals surface area contributed by atoms with Crippen LogP contribution in [0.3, 0.4) is 0 Å². The Bertz CT molecular complexity index is 792. The van der Waals surface area contributed by atoms with Crippen molar-refractivity contribution in [3.63, 3.8) is 0 Å². The average Bonchev–Trinajstić information content (AvgIpc) is 3.07. The highest BCUT2D eigenvalue weighted by molar-refractivity contribution is 5.97. The van der Waals surface area contributed by atoms with E-state index in [-0.39, 0.29) is 17.6 Å². The second-order valence-electron chi connectivity index (χ2n) is 5.80. The van der Waals surface area contributed by atoms with E-state index in [0.29, 0.717) is 29.9 Å². The van der Waals surface area contributed by atoms with E-state index in [1.165, 1.54) is 0 Å². The van der Waals surface area contributed by atoms with Crippen molar-refractivity contribution < 1.29 is 9.53 Å². The molecule has 0 radical (unpaired) electrons. The Hall–Kier alpha value is -2.21. The van der Waals surface area contributed by atoms with Crippen LogP contribution in [0.4, 0.5) is 0 Å². The van der Waals surface area contributed by atoms with Crippen LogP contribution in [-0.4, -0.2) is 34.7 Å². The number of carbonyl (C=O) groups excluding carboxylic acids is 1. The number of ether oxygens (including phenoxy) is 1. The number of benzene rings is 1. The Labute approximate surface area is 134 Å². The highest BCUT2D eigenvalue weighted by atomic mass is 16.5. The second-order valence-corrected chi connectivity index (χ2v) is 5.80. The van der Waals surface area contributed by atoms with E-state index in [0.717, 1.165) is 25.0 Å². The first-order chi connectivity index (χ1) is 11.1. The van der Waals surface area contributed by atoms with Crippen molar-refractivity contribution in [2.45, 2.75) is 39.3 Å². The van der Waals surface area contributed by atoms with Crippen LogP contribution in [0.1, 0.15) is 35.8 Å². The zero-order chi connectivity index (χ0) is 16.4. The molecule has 1 fully saturated rings. The highest BCUT2D eigenvalue weighted by Gasteiger charge is 2.17. The molecule has 1 N–H and O–H groups in total. The van der Waals surface area contributed by atoms with Gasteiger partial charge in [-0.25, -0.2) is 4.98 Å². The number of hydrogen-bond acceptors (Lipinski definition) is 4. The molecule has 0 saturated carbocycles. The summed E-state index contributed by atoms with van der Waals surface area (Å²) in [6.45, 7) is 5.48. The van der Waals surface area contributed by atoms with Gasteiger partial charge in [0.1, 0.15) is 5.69 Å². The average molecular weight is 315 g/mol. The summed E-state index contributed by atoms with van der Waals surface area (Å²) in [5.41, 5.74) is 2.31. The summed E-state index contributed by atoms with van der Waals surface area (Å²) in [6, 6.07) is 5.25. The zero-order valence-corrected chi connectivity index (χ0v) is 13.5. The number of hydrogen-bond donors (Lipinski definition) is 1. The van der Waals surface area contributed by atoms with Crippen LogP contribution in [0, 0.1) is 6.92 Å². The minimum Gasteiger partial charge on any atom is -0.376 e. The summed E-state index contributed by atoms with van der Waals surface area (Å²) < 4.78 is 7.18. The topological polar surface area (TPSA) is 73.2 Å². The summed E-state index contributed by atoms with van der Waals surface area (Å²) in [4.78, 5) is 28.7. The fraction of sp³-hybridized carbons (Fsp3) is 0.471. The maximum Gasteiger partial charge on any atom is 0.272 e. The van der Waals surface area contributed by atoms with Gasteiger partial charge in [-0.2, -0.15) is 0 Å². The van der Waals surface area contributed by atoms with E-state index in [2.05, 4.69) is 10.3 Å². The van der Waals surface area contributed by atoms with Gasteiger partial charge in [-0.3, -0.25) is 9.59 Å². The molecule has 1 amide bonds. The van der Waals surface area contributed by atoms with Crippen LogP contribution in [0.5, 0.6) is 0 Å². The summed E-state index contributed by atoms with van der Waals surface area (Å²) in [6.07, 6.45) is 2.15. The van der Waals surface area contributed by atoms with Crippen molar-refractivity contribution in [2.24, 2.45) is 0 Å². The van der Waals surface area contributed by atoms with E-state index in [1.54, 1.807) is 29.7 Å². The number of aryl methyl sites for hydroxylation is 2. The van der Waals surface area contributed by atoms with Gasteiger partial charge in [0.25, 0.3) is 11.5 Å². The van der Waals surface area contributed by atoms with Crippen molar-refractivity contribution in [1.82, 2.24) is 14.9 Å². The molecule has 0 bridgehead atoms. The molecule has 3 rings (SSSR count). The van der Waals surface area contributed by atoms with Gasteiger partial charge < -0.3 is 14.6 Å². The highest BCUT2D eigenvalue weighted by Crippen LogP contribution is 2.14. The van der Waals surface area contributed by atoms with Gasteiger partial charge in [-0.1, -0.05) is 0 Å². The number of nitrogens with zero attached hydrogens (tertiary/aromatic N) is 2. The molecule has 1 aliphatic heterocycles. The molecule has 0 spiro atoms. The summed E-state index contributed by atoms with van der Waals surface area (Å²) >= 11 is 0. The first-order valence-electron chi connectivity index (χ1n) is 8.01. The fourth-order valence-corrected chi connectivity index (χ4v) is 2.94. The third kappa shape index (κ3) is 3.12. The molecule has 2 heterocycles. The third-order valence-electron chi connectivity index (χ3n) is 4.20. The monoisotopic (exact) mass is 315 g/mol. The number of carbonyl (C=O) groups is 1. The number of amides is 1. The normalized spacial score (nSPS) is 17.6. The first-order valence-corrected chi connectivity index (χ1v) is 8.01. The fourth-order valence-electron chi connectivity index (χ4n) is 2.94. The van der Waals surface area contributed by atoms with Gasteiger partial charge in [0.2, 0.25) is 0 Å². The Morgan fingerprint density at radius 3 is 3.00 bits per heavy atom. The van der Waals surface area contributed by atoms with Crippen LogP contribution in [-0.2, 0) is 11.3 Å². The predicted molar refractivity (Wildman–Crippen MR) is 87.7 cm³/mol. The van der Waals surface area contributed by atoms with Crippen LogP contribution >= 0.6 is 0 Å². The Morgan fingerprint density at radius 1 is 1.48 bits per heavy atom. The molecule has 6 heteroatoms. The zero-order valence-electron chi connectivity index (χ0n) is 13.5. The van der Waals surface area contributed by atoms with Gasteiger partial charge in [0.05, 0.1) is 17.1 Å². The van der Waals surface area contributed by atoms with Gasteiger partial charge in [0.15, 0.2) is 0 Å². The minimum absolute atomic E-state index is 0.0874. The van der Waals surface area contributed by atoms with Crippen molar-refractivity contribution in [3.8, 4) is 0 Å². The Kier molecular flexibility index (Phi) is 4.43. The lowest BCUT2D eigenvalue weighted by atomic mass is 10.1. The molecular weight excluding hydrogens is 294 g/mol. The maximum atomic E-state index is 12.3. The lowest BCUT2D eigenvalue weighted by molar-refractivity contribution is 0.0858. The molecule has 1 aliphatic rings. The van der Waals surface area contributed by atoms with Crippen molar-refractivity contribution in [1.29, 1.82) is 0 Å². The molecule has 122 valence electrons. The number of aromatic nitrogens is 2. The SMILES string of the molecule is CCn1c(=O)c(C)nc2cc(C(=O)NC[C@@H]3CCCO3)ccc21. The van der Waals surface area contributed by atoms with E-state index < -0.39 is 0 Å². The molecule has 0 aliphatic carbocycles. The Morgan fingerprint density at radius 2 is 2.30 bits per heavy atom. The number of rotatable bonds is 4. The van der Waals surface area contributed by atoms with Crippen LogP contribution in [0.2, 0.25) is 0 Å². The molecule has 1 saturated heterocycles. The molecule has 6 nitrogen and oxygen atoms in total. The first kappa shape index (κ1) is 15.7. The van der Waals surface area contributed by atoms with Crippen LogP contribution < -0.4 is 10.9 Å². The molecule has 0 unspecified atom stereocenters. The number of nitrogens with one attached hydrogen (secondary N) is 1. The maximum absolute atomic E-state index is 12.3. The van der Waals surface area contributed by atoms with E-state index in [4.69, 9.17) is 4.74 Å². The van der Waals surface area contributed by atoms with Gasteiger partial charge in [-0.15, -0.1) is 0 Å². The summed E-state index contributed by atoms with van der Waals surface area (Å²) in [5.74, 6) is -0.142. The van der Waals surface area contributed by atoms with E-state index >= 15 is 0 Å². The summed E-state index contributed by atoms with van der Waals surface area (Å²) in [7, 11) is 0. The van der Waals surface area contributed by atoms with E-state index in [9.17, 15) is 9.59 Å². The minimum atomic E-state index is -0.142. The number of fused-ring (bicyclic) bond motifs is 1. The van der Waals surface area contributed by atoms with Gasteiger partial charge in [0, 0.05) is 25.3 Å². The molecule has 1 aromatic carbocycles. The lowest BCUT2D eigenvalue weighted by Crippen LogP contribution is -2.31. The van der Waals surface area contributed by atoms with Crippen LogP contribution in [0.25, 0.3) is 11.0 Å². The molecule has 2 aromatic rings. The molecule has 23 heavy (non-hydrogen) atoms. The molecule has 1 atom stereocenters. The largest absolute Gasteiger partial charge is 0.376 e. The van der Waals surface area contributed by atoms with E-state index in [1.807, 2.05) is 6.92 Å². The summed E-state index contributed by atoms with van der Waals surface area (Å²) in [5, 5.41) is 2.90. The second kappa shape index (κ2) is 6.50. The van der Waals surface area contributed by atoms with Crippen molar-refractivity contribution >= 4 is 16.9 Å². The smallest absolute Gasteiger partial charge is 0.272 e. The standard InChI is InChI=1S/C17H21N3O3/c1-3-20-15-7-6-12(9-14(15)19-11(2)17(20)22)16(21)18-10-13-5-4-8-23-13/h6-7,9,13H,3-5,8,10H2,1-2H3,(H,18,21)/t13-/m0/s1. The van der Waals surface area contributed by atoms with Crippen molar-refractivity contribution in [3.05, 3.63) is 39.8 Å². The quantitative estimate of drug-likeness (QED) is 0.931. The van der Waals surface area contributed by atoms with Crippen molar-refractivity contribution in [2.75, 3.05) is 13.2 Å². The molecule has 1 aromatic heterocycles. The third-order valence-corrected chi connectivity index (χ3v) is 4.20. The Balaban J connectivity index is 1.86. The van der Waals surface area contributed by atoms with Crippen LogP contribution in [0.15, 0.2) is 23.0 Å². The van der Waals surface area contributed by atoms with Gasteiger partial charge in [-0.05, 0) is 44.9 Å². The lowest BCUT2D eigenvalue weighted by Gasteiger charge is -2.12. The predicted octanol–water partition coefficient (Wildman–Crippen LogP) is 1.63. The molecular formula is C17H21N3O3. The van der Waals surface area contributed by atoms with Gasteiger partial charge >= 0.3 is 0 Å².